The number of benzene rings is 3. The molecule has 0 saturated carbocycles. The van der Waals surface area contributed by atoms with E-state index in [0.717, 1.165) is 40.2 Å². The van der Waals surface area contributed by atoms with E-state index in [1.807, 2.05) is 66.7 Å². The van der Waals surface area contributed by atoms with Gasteiger partial charge in [-0.25, -0.2) is 0 Å². The van der Waals surface area contributed by atoms with Crippen molar-refractivity contribution in [2.75, 3.05) is 31.1 Å². The number of carbonyl (C=O) groups excluding carboxylic acids is 2. The summed E-state index contributed by atoms with van der Waals surface area (Å²) in [4.78, 5) is 32.6. The largest absolute Gasteiger partial charge is 0.352 e. The molecule has 0 spiro atoms. The molecule has 0 atom stereocenters. The topological polar surface area (TPSA) is 52.7 Å². The van der Waals surface area contributed by atoms with Gasteiger partial charge in [0.15, 0.2) is 0 Å². The third kappa shape index (κ3) is 6.32. The Bertz CT molecular complexity index is 1300. The van der Waals surface area contributed by atoms with Gasteiger partial charge >= 0.3 is 0 Å². The van der Waals surface area contributed by atoms with E-state index < -0.39 is 0 Å². The molecule has 37 heavy (non-hydrogen) atoms. The van der Waals surface area contributed by atoms with E-state index >= 15 is 0 Å². The van der Waals surface area contributed by atoms with Crippen molar-refractivity contribution in [3.05, 3.63) is 100.0 Å². The molecule has 0 radical (unpaired) electrons. The Morgan fingerprint density at radius 1 is 1.00 bits per heavy atom. The number of likely N-dealkylation sites (tertiary alicyclic amines) is 1. The molecule has 1 fully saturated rings. The summed E-state index contributed by atoms with van der Waals surface area (Å²) in [6, 6.07) is 23.8. The van der Waals surface area contributed by atoms with Gasteiger partial charge in [0.25, 0.3) is 11.8 Å². The molecular weight excluding hydrogens is 478 g/mol. The molecule has 2 amide bonds. The zero-order valence-corrected chi connectivity index (χ0v) is 22.1. The van der Waals surface area contributed by atoms with E-state index in [2.05, 4.69) is 29.3 Å². The zero-order valence-electron chi connectivity index (χ0n) is 21.3. The highest BCUT2D eigenvalue weighted by atomic mass is 32.2. The van der Waals surface area contributed by atoms with E-state index in [1.54, 1.807) is 4.90 Å². The van der Waals surface area contributed by atoms with Gasteiger partial charge in [0.1, 0.15) is 0 Å². The monoisotopic (exact) mass is 511 g/mol. The number of anilines is 1. The summed E-state index contributed by atoms with van der Waals surface area (Å²) in [6.07, 6.45) is 5.44. The van der Waals surface area contributed by atoms with Gasteiger partial charge in [-0.1, -0.05) is 71.9 Å². The van der Waals surface area contributed by atoms with Gasteiger partial charge in [-0.05, 0) is 81.2 Å². The van der Waals surface area contributed by atoms with Crippen LogP contribution in [0.1, 0.15) is 46.3 Å². The molecule has 1 N–H and O–H groups in total. The number of carbonyl (C=O) groups is 2. The Balaban J connectivity index is 1.38. The van der Waals surface area contributed by atoms with Crippen molar-refractivity contribution in [2.24, 2.45) is 0 Å². The second-order valence-electron chi connectivity index (χ2n) is 9.74. The van der Waals surface area contributed by atoms with Gasteiger partial charge in [-0.15, -0.1) is 0 Å². The van der Waals surface area contributed by atoms with Gasteiger partial charge in [0.05, 0.1) is 17.1 Å². The van der Waals surface area contributed by atoms with Crippen molar-refractivity contribution in [3.8, 4) is 0 Å². The lowest BCUT2D eigenvalue weighted by atomic mass is 10.1. The summed E-state index contributed by atoms with van der Waals surface area (Å²) < 4.78 is 0. The fourth-order valence-corrected chi connectivity index (χ4v) is 5.95. The number of nitrogens with one attached hydrogen (secondary N) is 1. The highest BCUT2D eigenvalue weighted by Gasteiger charge is 2.30. The van der Waals surface area contributed by atoms with E-state index in [0.29, 0.717) is 23.6 Å². The molecule has 0 bridgehead atoms. The molecule has 1 saturated heterocycles. The lowest BCUT2D eigenvalue weighted by molar-refractivity contribution is -0.114. The van der Waals surface area contributed by atoms with Crippen LogP contribution in [-0.4, -0.2) is 42.9 Å². The van der Waals surface area contributed by atoms with Crippen LogP contribution in [0.2, 0.25) is 0 Å². The van der Waals surface area contributed by atoms with Crippen LogP contribution in [0.25, 0.3) is 6.08 Å². The van der Waals surface area contributed by atoms with Crippen LogP contribution in [0.15, 0.2) is 82.6 Å². The predicted molar refractivity (Wildman–Crippen MR) is 152 cm³/mol. The number of hydrogen-bond acceptors (Lipinski definition) is 4. The van der Waals surface area contributed by atoms with Crippen molar-refractivity contribution < 1.29 is 9.59 Å². The van der Waals surface area contributed by atoms with E-state index in [4.69, 9.17) is 0 Å². The maximum atomic E-state index is 13.7. The van der Waals surface area contributed by atoms with Crippen LogP contribution in [0.5, 0.6) is 0 Å². The summed E-state index contributed by atoms with van der Waals surface area (Å²) in [5.41, 5.74) is 4.56. The fraction of sp³-hybridized carbons (Fsp3) is 0.290. The Kier molecular flexibility index (Phi) is 8.07. The lowest BCUT2D eigenvalue weighted by Gasteiger charge is -2.31. The summed E-state index contributed by atoms with van der Waals surface area (Å²) in [6.45, 7) is 6.51. The summed E-state index contributed by atoms with van der Waals surface area (Å²) in [5.74, 6) is -0.145. The Morgan fingerprint density at radius 2 is 1.81 bits per heavy atom. The molecule has 2 aliphatic heterocycles. The second-order valence-corrected chi connectivity index (χ2v) is 10.8. The highest BCUT2D eigenvalue weighted by Crippen LogP contribution is 2.43. The minimum Gasteiger partial charge on any atom is -0.352 e. The van der Waals surface area contributed by atoms with Crippen LogP contribution in [0, 0.1) is 6.92 Å². The molecule has 0 unspecified atom stereocenters. The van der Waals surface area contributed by atoms with Crippen molar-refractivity contribution in [3.63, 3.8) is 0 Å². The van der Waals surface area contributed by atoms with Crippen LogP contribution >= 0.6 is 11.8 Å². The van der Waals surface area contributed by atoms with Crippen LogP contribution in [0.3, 0.4) is 0 Å². The smallest absolute Gasteiger partial charge is 0.265 e. The van der Waals surface area contributed by atoms with Crippen molar-refractivity contribution in [1.82, 2.24) is 10.2 Å². The van der Waals surface area contributed by atoms with Crippen LogP contribution in [0.4, 0.5) is 5.69 Å². The number of hydrogen-bond donors (Lipinski definition) is 1. The van der Waals surface area contributed by atoms with Gasteiger partial charge < -0.3 is 15.1 Å². The second kappa shape index (κ2) is 11.8. The first-order valence-corrected chi connectivity index (χ1v) is 13.8. The minimum atomic E-state index is -0.0946. The number of rotatable bonds is 8. The average molecular weight is 512 g/mol. The molecule has 190 valence electrons. The fourth-order valence-electron chi connectivity index (χ4n) is 4.92. The van der Waals surface area contributed by atoms with Crippen molar-refractivity contribution >= 4 is 35.3 Å². The van der Waals surface area contributed by atoms with E-state index in [-0.39, 0.29) is 11.8 Å². The Hall–Kier alpha value is -3.35. The third-order valence-corrected chi connectivity index (χ3v) is 7.92. The predicted octanol–water partition coefficient (Wildman–Crippen LogP) is 5.89. The standard InChI is InChI=1S/C31H33N3O2S/c1-23-9-7-12-25(19-23)22-34-27-21-26(30(35)32-15-8-18-33-16-5-6-17-33)13-14-28(27)37-29(31(34)36)20-24-10-3-2-4-11-24/h2-4,7,9-14,19-21H,5-6,8,15-18,22H2,1H3,(H,32,35). The van der Waals surface area contributed by atoms with E-state index in [9.17, 15) is 9.59 Å². The first-order valence-electron chi connectivity index (χ1n) is 13.0. The SMILES string of the molecule is Cc1cccc(CN2C(=O)C(=Cc3ccccc3)Sc3ccc(C(=O)NCCCN4CCCC4)cc32)c1. The number of thioether (sulfide) groups is 1. The number of aryl methyl sites for hydroxylation is 1. The van der Waals surface area contributed by atoms with Gasteiger partial charge in [-0.2, -0.15) is 0 Å². The molecule has 3 aromatic rings. The Morgan fingerprint density at radius 3 is 2.59 bits per heavy atom. The molecule has 5 rings (SSSR count). The van der Waals surface area contributed by atoms with Crippen molar-refractivity contribution in [2.45, 2.75) is 37.6 Å². The normalized spacial score (nSPS) is 16.7. The minimum absolute atomic E-state index is 0.0500. The number of amides is 2. The number of fused-ring (bicyclic) bond motifs is 1. The maximum Gasteiger partial charge on any atom is 0.265 e. The molecular formula is C31H33N3O2S. The molecule has 2 aliphatic rings. The molecule has 6 heteroatoms. The van der Waals surface area contributed by atoms with Gasteiger partial charge in [0, 0.05) is 17.0 Å². The number of nitrogens with zero attached hydrogens (tertiary/aromatic N) is 2. The first kappa shape index (κ1) is 25.3. The molecule has 3 aromatic carbocycles. The van der Waals surface area contributed by atoms with Crippen LogP contribution < -0.4 is 10.2 Å². The van der Waals surface area contributed by atoms with Crippen LogP contribution in [-0.2, 0) is 11.3 Å². The summed E-state index contributed by atoms with van der Waals surface area (Å²) in [5, 5.41) is 3.07. The lowest BCUT2D eigenvalue weighted by Crippen LogP contribution is -2.34. The van der Waals surface area contributed by atoms with Gasteiger partial charge in [-0.3, -0.25) is 9.59 Å². The van der Waals surface area contributed by atoms with E-state index in [1.165, 1.54) is 37.7 Å². The van der Waals surface area contributed by atoms with Gasteiger partial charge in [0.2, 0.25) is 0 Å². The molecule has 0 aliphatic carbocycles. The maximum absolute atomic E-state index is 13.7. The third-order valence-electron chi connectivity index (χ3n) is 6.84. The quantitative estimate of drug-likeness (QED) is 0.303. The summed E-state index contributed by atoms with van der Waals surface area (Å²) in [7, 11) is 0. The highest BCUT2D eigenvalue weighted by molar-refractivity contribution is 8.04. The zero-order chi connectivity index (χ0) is 25.6. The average Bonchev–Trinajstić information content (AvgIpc) is 3.43. The molecule has 0 aromatic heterocycles. The molecule has 2 heterocycles. The Labute approximate surface area is 223 Å². The van der Waals surface area contributed by atoms with Crippen molar-refractivity contribution in [1.29, 1.82) is 0 Å². The molecule has 5 nitrogen and oxygen atoms in total. The summed E-state index contributed by atoms with van der Waals surface area (Å²) >= 11 is 1.47. The first-order chi connectivity index (χ1) is 18.1.